The molecule has 0 aliphatic heterocycles. The fourth-order valence-corrected chi connectivity index (χ4v) is 9.19. The van der Waals surface area contributed by atoms with E-state index in [9.17, 15) is 0 Å². The molecule has 0 saturated heterocycles. The van der Waals surface area contributed by atoms with Crippen molar-refractivity contribution in [2.45, 2.75) is 20.3 Å². The lowest BCUT2D eigenvalue weighted by Gasteiger charge is -2.15. The summed E-state index contributed by atoms with van der Waals surface area (Å²) in [5.74, 6) is 0. The number of benzene rings is 5. The van der Waals surface area contributed by atoms with Gasteiger partial charge < -0.3 is 9.13 Å². The van der Waals surface area contributed by atoms with Crippen molar-refractivity contribution >= 4 is 82.4 Å². The minimum atomic E-state index is 1.04. The van der Waals surface area contributed by atoms with Crippen LogP contribution in [0.25, 0.3) is 82.3 Å². The van der Waals surface area contributed by atoms with Gasteiger partial charge in [0.25, 0.3) is 0 Å². The Morgan fingerprint density at radius 2 is 1.11 bits per heavy atom. The van der Waals surface area contributed by atoms with Gasteiger partial charge in [-0.05, 0) is 48.6 Å². The predicted molar refractivity (Wildman–Crippen MR) is 198 cm³/mol. The first-order chi connectivity index (χ1) is 22.2. The molecule has 4 heterocycles. The largest absolute Gasteiger partial charge is 0.306 e. The number of hydrogen-bond acceptors (Lipinski definition) is 2. The van der Waals surface area contributed by atoms with Crippen molar-refractivity contribution in [3.63, 3.8) is 0 Å². The lowest BCUT2D eigenvalue weighted by Crippen LogP contribution is -2.01. The van der Waals surface area contributed by atoms with E-state index in [4.69, 9.17) is 0 Å². The summed E-state index contributed by atoms with van der Waals surface area (Å²) >= 11 is 3.68. The second-order valence-electron chi connectivity index (χ2n) is 11.7. The molecule has 0 spiro atoms. The maximum absolute atomic E-state index is 2.52. The van der Waals surface area contributed by atoms with E-state index in [1.54, 1.807) is 11.3 Å². The molecule has 45 heavy (non-hydrogen) atoms. The summed E-state index contributed by atoms with van der Waals surface area (Å²) in [6.45, 7) is 4.46. The van der Waals surface area contributed by atoms with Gasteiger partial charge in [0.1, 0.15) is 0 Å². The highest BCUT2D eigenvalue weighted by Gasteiger charge is 2.22. The summed E-state index contributed by atoms with van der Waals surface area (Å²) in [5.41, 5.74) is 11.3. The number of aryl methyl sites for hydroxylation is 1. The Labute approximate surface area is 269 Å². The molecule has 0 bridgehead atoms. The molecule has 216 valence electrons. The van der Waals surface area contributed by atoms with Crippen molar-refractivity contribution < 1.29 is 0 Å². The first-order valence-electron chi connectivity index (χ1n) is 15.5. The Kier molecular flexibility index (Phi) is 6.09. The van der Waals surface area contributed by atoms with Gasteiger partial charge in [-0.25, -0.2) is 0 Å². The number of rotatable bonds is 5. The highest BCUT2D eigenvalue weighted by Crippen LogP contribution is 2.45. The second-order valence-corrected chi connectivity index (χ2v) is 13.4. The molecule has 4 heteroatoms. The van der Waals surface area contributed by atoms with E-state index in [2.05, 4.69) is 155 Å². The van der Waals surface area contributed by atoms with Crippen molar-refractivity contribution in [2.75, 3.05) is 0 Å². The lowest BCUT2D eigenvalue weighted by atomic mass is 9.99. The quantitative estimate of drug-likeness (QED) is 0.182. The number of allylic oxidation sites excluding steroid dienone is 1. The number of hydrogen-bond donors (Lipinski definition) is 0. The van der Waals surface area contributed by atoms with Crippen LogP contribution in [0.3, 0.4) is 0 Å². The van der Waals surface area contributed by atoms with E-state index in [1.165, 1.54) is 86.6 Å². The summed E-state index contributed by atoms with van der Waals surface area (Å²) in [5, 5.41) is 11.1. The van der Waals surface area contributed by atoms with Gasteiger partial charge in [-0.3, -0.25) is 0 Å². The molecule has 0 saturated carbocycles. The fourth-order valence-electron chi connectivity index (χ4n) is 7.14. The maximum atomic E-state index is 2.52. The van der Waals surface area contributed by atoms with Crippen LogP contribution in [-0.2, 0) is 0 Å². The van der Waals surface area contributed by atoms with Crippen LogP contribution in [0.1, 0.15) is 23.8 Å². The number of fused-ring (bicyclic) bond motifs is 7. The highest BCUT2D eigenvalue weighted by molar-refractivity contribution is 7.20. The molecule has 0 atom stereocenters. The van der Waals surface area contributed by atoms with E-state index in [-0.39, 0.29) is 0 Å². The first kappa shape index (κ1) is 26.5. The van der Waals surface area contributed by atoms with E-state index in [0.29, 0.717) is 0 Å². The molecule has 0 aliphatic carbocycles. The zero-order chi connectivity index (χ0) is 30.1. The minimum absolute atomic E-state index is 1.04. The van der Waals surface area contributed by atoms with Gasteiger partial charge in [0.2, 0.25) is 0 Å². The number of thiophene rings is 2. The van der Waals surface area contributed by atoms with Gasteiger partial charge in [-0.15, -0.1) is 22.7 Å². The first-order valence-corrected chi connectivity index (χ1v) is 17.3. The van der Waals surface area contributed by atoms with E-state index in [1.807, 2.05) is 11.3 Å². The van der Waals surface area contributed by atoms with Crippen LogP contribution in [0.2, 0.25) is 0 Å². The van der Waals surface area contributed by atoms with Crippen molar-refractivity contribution in [1.29, 1.82) is 0 Å². The summed E-state index contributed by atoms with van der Waals surface area (Å²) in [7, 11) is 0. The van der Waals surface area contributed by atoms with Gasteiger partial charge in [-0.2, -0.15) is 0 Å². The molecule has 5 aromatic carbocycles. The normalized spacial score (nSPS) is 12.2. The zero-order valence-electron chi connectivity index (χ0n) is 25.1. The predicted octanol–water partition coefficient (Wildman–Crippen LogP) is 12.6. The molecule has 9 aromatic rings. The maximum Gasteiger partial charge on any atom is 0.0811 e. The van der Waals surface area contributed by atoms with Crippen LogP contribution in [0.5, 0.6) is 0 Å². The molecular formula is C41H30N2S2. The van der Waals surface area contributed by atoms with E-state index in [0.717, 1.165) is 6.42 Å². The Morgan fingerprint density at radius 1 is 0.578 bits per heavy atom. The monoisotopic (exact) mass is 614 g/mol. The molecule has 0 radical (unpaired) electrons. The molecule has 9 rings (SSSR count). The number of para-hydroxylation sites is 4. The van der Waals surface area contributed by atoms with Crippen LogP contribution >= 0.6 is 22.7 Å². The topological polar surface area (TPSA) is 9.86 Å². The van der Waals surface area contributed by atoms with Gasteiger partial charge in [0.15, 0.2) is 0 Å². The number of nitrogens with zero attached hydrogens (tertiary/aromatic N) is 2. The Bertz CT molecular complexity index is 2550. The van der Waals surface area contributed by atoms with Crippen LogP contribution in [0.15, 0.2) is 126 Å². The molecular weight excluding hydrogens is 585 g/mol. The van der Waals surface area contributed by atoms with Crippen molar-refractivity contribution in [2.24, 2.45) is 0 Å². The van der Waals surface area contributed by atoms with Gasteiger partial charge in [-0.1, -0.05) is 104 Å². The molecule has 0 unspecified atom stereocenters. The summed E-state index contributed by atoms with van der Waals surface area (Å²) in [6, 6.07) is 40.1. The molecule has 0 N–H and O–H groups in total. The van der Waals surface area contributed by atoms with Gasteiger partial charge in [0, 0.05) is 53.0 Å². The fraction of sp³-hybridized carbons (Fsp3) is 0.0732. The molecule has 0 aliphatic rings. The molecule has 0 amide bonds. The van der Waals surface area contributed by atoms with Crippen molar-refractivity contribution in [3.8, 4) is 22.5 Å². The van der Waals surface area contributed by atoms with Crippen LogP contribution in [0, 0.1) is 6.92 Å². The standard InChI is InChI=1S/C41H30N2S2/c1-3-4-23-39-26(2)27-16-11-19-33(41(27)45-39)32-18-12-17-31-30-15-7-10-22-36(30)43(40(31)32)38-25-44-24-37(38)42-34-20-8-5-13-28(34)29-14-6-9-21-35(29)42/h4-25H,3H2,1-2H3/b23-4-. The van der Waals surface area contributed by atoms with Crippen molar-refractivity contribution in [3.05, 3.63) is 136 Å². The molecule has 2 nitrogen and oxygen atoms in total. The number of aromatic nitrogens is 2. The van der Waals surface area contributed by atoms with Crippen LogP contribution in [0.4, 0.5) is 0 Å². The zero-order valence-corrected chi connectivity index (χ0v) is 26.8. The minimum Gasteiger partial charge on any atom is -0.306 e. The SMILES string of the molecule is CC/C=C\c1sc2c(-c3cccc4c5ccccc5n(-c5cscc5-n5c6ccccc6c6ccccc65)c34)cccc2c1C. The third-order valence-corrected chi connectivity index (χ3v) is 11.2. The summed E-state index contributed by atoms with van der Waals surface area (Å²) in [4.78, 5) is 1.35. The second kappa shape index (κ2) is 10.3. The van der Waals surface area contributed by atoms with Crippen LogP contribution < -0.4 is 0 Å². The lowest BCUT2D eigenvalue weighted by molar-refractivity contribution is 1.11. The van der Waals surface area contributed by atoms with Crippen molar-refractivity contribution in [1.82, 2.24) is 9.13 Å². The highest BCUT2D eigenvalue weighted by atomic mass is 32.1. The Morgan fingerprint density at radius 3 is 1.78 bits per heavy atom. The Hall–Kier alpha value is -4.90. The van der Waals surface area contributed by atoms with Crippen LogP contribution in [-0.4, -0.2) is 9.13 Å². The summed E-state index contributed by atoms with van der Waals surface area (Å²) in [6.07, 6.45) is 5.60. The smallest absolute Gasteiger partial charge is 0.0811 e. The average Bonchev–Trinajstić information content (AvgIpc) is 3.84. The molecule has 4 aromatic heterocycles. The average molecular weight is 615 g/mol. The Balaban J connectivity index is 1.39. The van der Waals surface area contributed by atoms with E-state index < -0.39 is 0 Å². The third-order valence-electron chi connectivity index (χ3n) is 9.17. The van der Waals surface area contributed by atoms with E-state index >= 15 is 0 Å². The summed E-state index contributed by atoms with van der Waals surface area (Å²) < 4.78 is 6.32. The van der Waals surface area contributed by atoms with Gasteiger partial charge >= 0.3 is 0 Å². The third kappa shape index (κ3) is 3.86. The van der Waals surface area contributed by atoms with Gasteiger partial charge in [0.05, 0.1) is 33.4 Å². The molecule has 0 fully saturated rings.